The Kier molecular flexibility index (Phi) is 3.19. The largest absolute Gasteiger partial charge is 0.493 e. The third kappa shape index (κ3) is 2.09. The number of halogens is 1. The average Bonchev–Trinajstić information content (AvgIpc) is 2.91. The van der Waals surface area contributed by atoms with Crippen molar-refractivity contribution < 1.29 is 9.13 Å². The molecule has 0 spiro atoms. The van der Waals surface area contributed by atoms with Gasteiger partial charge in [-0.05, 0) is 11.6 Å². The monoisotopic (exact) mass is 258 g/mol. The molecule has 1 aliphatic rings. The zero-order chi connectivity index (χ0) is 13.2. The molecule has 0 radical (unpaired) electrons. The van der Waals surface area contributed by atoms with Crippen LogP contribution in [-0.4, -0.2) is 6.61 Å². The lowest BCUT2D eigenvalue weighted by Crippen LogP contribution is -2.29. The van der Waals surface area contributed by atoms with E-state index in [1.165, 1.54) is 6.07 Å². The Labute approximate surface area is 111 Å². The van der Waals surface area contributed by atoms with Crippen LogP contribution in [0.3, 0.4) is 0 Å². The SMILES string of the molecule is NNC(c1ccccc1F)c1cccc2c1OCC2. The van der Waals surface area contributed by atoms with Gasteiger partial charge in [0.2, 0.25) is 0 Å². The number of hydrazine groups is 1. The minimum absolute atomic E-state index is 0.277. The third-order valence-electron chi connectivity index (χ3n) is 3.44. The van der Waals surface area contributed by atoms with Crippen LogP contribution < -0.4 is 16.0 Å². The Balaban J connectivity index is 2.09. The number of hydrogen-bond acceptors (Lipinski definition) is 3. The lowest BCUT2D eigenvalue weighted by Gasteiger charge is -2.19. The van der Waals surface area contributed by atoms with Crippen LogP contribution in [0.5, 0.6) is 5.75 Å². The molecule has 0 fully saturated rings. The van der Waals surface area contributed by atoms with Crippen LogP contribution in [0.25, 0.3) is 0 Å². The fourth-order valence-corrected chi connectivity index (χ4v) is 2.52. The van der Waals surface area contributed by atoms with Gasteiger partial charge in [-0.1, -0.05) is 36.4 Å². The summed E-state index contributed by atoms with van der Waals surface area (Å²) in [5, 5.41) is 0. The lowest BCUT2D eigenvalue weighted by atomic mass is 9.96. The lowest BCUT2D eigenvalue weighted by molar-refractivity contribution is 0.350. The van der Waals surface area contributed by atoms with E-state index in [0.717, 1.165) is 23.3 Å². The molecular formula is C15H15FN2O. The van der Waals surface area contributed by atoms with Crippen LogP contribution in [-0.2, 0) is 6.42 Å². The Morgan fingerprint density at radius 3 is 2.68 bits per heavy atom. The summed E-state index contributed by atoms with van der Waals surface area (Å²) in [6.07, 6.45) is 0.887. The third-order valence-corrected chi connectivity index (χ3v) is 3.44. The van der Waals surface area contributed by atoms with Gasteiger partial charge in [0, 0.05) is 17.5 Å². The molecule has 1 unspecified atom stereocenters. The van der Waals surface area contributed by atoms with Gasteiger partial charge in [-0.3, -0.25) is 5.84 Å². The van der Waals surface area contributed by atoms with Gasteiger partial charge < -0.3 is 4.74 Å². The zero-order valence-corrected chi connectivity index (χ0v) is 10.4. The van der Waals surface area contributed by atoms with Crippen LogP contribution >= 0.6 is 0 Å². The molecule has 4 heteroatoms. The molecule has 3 nitrogen and oxygen atoms in total. The van der Waals surface area contributed by atoms with E-state index in [1.807, 2.05) is 18.2 Å². The Hall–Kier alpha value is -1.91. The summed E-state index contributed by atoms with van der Waals surface area (Å²) < 4.78 is 19.6. The van der Waals surface area contributed by atoms with Gasteiger partial charge in [0.1, 0.15) is 11.6 Å². The molecule has 3 rings (SSSR count). The van der Waals surface area contributed by atoms with Crippen LogP contribution in [0.4, 0.5) is 4.39 Å². The molecule has 1 atom stereocenters. The smallest absolute Gasteiger partial charge is 0.128 e. The van der Waals surface area contributed by atoms with Gasteiger partial charge >= 0.3 is 0 Å². The second-order valence-corrected chi connectivity index (χ2v) is 4.56. The zero-order valence-electron chi connectivity index (χ0n) is 10.4. The number of hydrogen-bond donors (Lipinski definition) is 2. The van der Waals surface area contributed by atoms with Crippen molar-refractivity contribution in [1.82, 2.24) is 5.43 Å². The first-order valence-electron chi connectivity index (χ1n) is 6.26. The molecule has 1 heterocycles. The van der Waals surface area contributed by atoms with Crippen molar-refractivity contribution in [2.45, 2.75) is 12.5 Å². The van der Waals surface area contributed by atoms with E-state index >= 15 is 0 Å². The Bertz CT molecular complexity index is 600. The quantitative estimate of drug-likeness (QED) is 0.656. The summed E-state index contributed by atoms with van der Waals surface area (Å²) in [6, 6.07) is 12.1. The molecule has 0 saturated carbocycles. The fourth-order valence-electron chi connectivity index (χ4n) is 2.52. The van der Waals surface area contributed by atoms with Crippen molar-refractivity contribution in [2.75, 3.05) is 6.61 Å². The van der Waals surface area contributed by atoms with Gasteiger partial charge in [0.25, 0.3) is 0 Å². The van der Waals surface area contributed by atoms with Crippen molar-refractivity contribution in [1.29, 1.82) is 0 Å². The van der Waals surface area contributed by atoms with Crippen molar-refractivity contribution in [2.24, 2.45) is 5.84 Å². The molecule has 2 aromatic carbocycles. The molecule has 1 aliphatic heterocycles. The van der Waals surface area contributed by atoms with Crippen molar-refractivity contribution in [3.8, 4) is 5.75 Å². The maximum atomic E-state index is 13.9. The average molecular weight is 258 g/mol. The highest BCUT2D eigenvalue weighted by Gasteiger charge is 2.24. The molecule has 19 heavy (non-hydrogen) atoms. The van der Waals surface area contributed by atoms with Crippen LogP contribution in [0.2, 0.25) is 0 Å². The second-order valence-electron chi connectivity index (χ2n) is 4.56. The molecule has 98 valence electrons. The van der Waals surface area contributed by atoms with Crippen LogP contribution in [0.1, 0.15) is 22.7 Å². The standard InChI is InChI=1S/C15H15FN2O/c16-13-7-2-1-5-11(13)14(18-17)12-6-3-4-10-8-9-19-15(10)12/h1-7,14,18H,8-9,17H2. The van der Waals surface area contributed by atoms with Gasteiger partial charge in [0.05, 0.1) is 12.6 Å². The minimum Gasteiger partial charge on any atom is -0.493 e. The molecule has 2 aromatic rings. The molecule has 0 aliphatic carbocycles. The molecule has 0 bridgehead atoms. The van der Waals surface area contributed by atoms with Crippen molar-refractivity contribution >= 4 is 0 Å². The van der Waals surface area contributed by atoms with Gasteiger partial charge in [-0.15, -0.1) is 0 Å². The van der Waals surface area contributed by atoms with Crippen molar-refractivity contribution in [3.05, 3.63) is 65.0 Å². The number of rotatable bonds is 3. The first-order chi connectivity index (χ1) is 9.31. The summed E-state index contributed by atoms with van der Waals surface area (Å²) in [6.45, 7) is 0.668. The summed E-state index contributed by atoms with van der Waals surface area (Å²) in [5.74, 6) is 6.18. The molecule has 0 aromatic heterocycles. The number of ether oxygens (including phenoxy) is 1. The minimum atomic E-state index is -0.408. The molecular weight excluding hydrogens is 243 g/mol. The summed E-state index contributed by atoms with van der Waals surface area (Å²) in [5.41, 5.74) is 5.23. The Morgan fingerprint density at radius 1 is 1.11 bits per heavy atom. The maximum absolute atomic E-state index is 13.9. The second kappa shape index (κ2) is 4.99. The number of para-hydroxylation sites is 1. The van der Waals surface area contributed by atoms with Gasteiger partial charge in [-0.2, -0.15) is 0 Å². The summed E-state index contributed by atoms with van der Waals surface area (Å²) in [7, 11) is 0. The highest BCUT2D eigenvalue weighted by atomic mass is 19.1. The van der Waals surface area contributed by atoms with Crippen LogP contribution in [0, 0.1) is 5.82 Å². The number of nitrogens with two attached hydrogens (primary N) is 1. The number of nitrogens with one attached hydrogen (secondary N) is 1. The van der Waals surface area contributed by atoms with E-state index in [-0.39, 0.29) is 5.82 Å². The highest BCUT2D eigenvalue weighted by molar-refractivity contribution is 5.48. The molecule has 0 amide bonds. The van der Waals surface area contributed by atoms with E-state index in [9.17, 15) is 4.39 Å². The van der Waals surface area contributed by atoms with E-state index in [0.29, 0.717) is 12.2 Å². The highest BCUT2D eigenvalue weighted by Crippen LogP contribution is 2.36. The summed E-state index contributed by atoms with van der Waals surface area (Å²) >= 11 is 0. The van der Waals surface area contributed by atoms with Gasteiger partial charge in [-0.25, -0.2) is 9.82 Å². The van der Waals surface area contributed by atoms with E-state index in [4.69, 9.17) is 10.6 Å². The predicted octanol–water partition coefficient (Wildman–Crippen LogP) is 2.31. The van der Waals surface area contributed by atoms with Gasteiger partial charge in [0.15, 0.2) is 0 Å². The van der Waals surface area contributed by atoms with E-state index < -0.39 is 6.04 Å². The topological polar surface area (TPSA) is 47.3 Å². The number of fused-ring (bicyclic) bond motifs is 1. The van der Waals surface area contributed by atoms with Crippen LogP contribution in [0.15, 0.2) is 42.5 Å². The predicted molar refractivity (Wildman–Crippen MR) is 71.2 cm³/mol. The molecule has 3 N–H and O–H groups in total. The number of benzene rings is 2. The van der Waals surface area contributed by atoms with E-state index in [2.05, 4.69) is 5.43 Å². The first-order valence-corrected chi connectivity index (χ1v) is 6.26. The Morgan fingerprint density at radius 2 is 1.89 bits per heavy atom. The maximum Gasteiger partial charge on any atom is 0.128 e. The first kappa shape index (κ1) is 12.1. The fraction of sp³-hybridized carbons (Fsp3) is 0.200. The van der Waals surface area contributed by atoms with E-state index in [1.54, 1.807) is 18.2 Å². The van der Waals surface area contributed by atoms with Crippen molar-refractivity contribution in [3.63, 3.8) is 0 Å². The normalized spacial score (nSPS) is 14.8. The summed E-state index contributed by atoms with van der Waals surface area (Å²) in [4.78, 5) is 0. The molecule has 0 saturated heterocycles.